The average Bonchev–Trinajstić information content (AvgIpc) is 2.40. The number of hydrogen-bond donors (Lipinski definition) is 1. The van der Waals surface area contributed by atoms with Gasteiger partial charge in [-0.05, 0) is 31.7 Å². The van der Waals surface area contributed by atoms with Crippen molar-refractivity contribution in [2.24, 2.45) is 0 Å². The first-order chi connectivity index (χ1) is 9.15. The lowest BCUT2D eigenvalue weighted by atomic mass is 10.1. The van der Waals surface area contributed by atoms with Gasteiger partial charge in [-0.1, -0.05) is 12.1 Å². The van der Waals surface area contributed by atoms with Crippen molar-refractivity contribution in [1.29, 1.82) is 0 Å². The molecule has 1 N–H and O–H groups in total. The van der Waals surface area contributed by atoms with Crippen molar-refractivity contribution < 1.29 is 9.84 Å². The smallest absolute Gasteiger partial charge is 0.115 e. The molecule has 0 amide bonds. The Balaban J connectivity index is 1.82. The summed E-state index contributed by atoms with van der Waals surface area (Å²) in [5.41, 5.74) is 1.15. The van der Waals surface area contributed by atoms with E-state index in [2.05, 4.69) is 29.8 Å². The van der Waals surface area contributed by atoms with Crippen molar-refractivity contribution in [3.63, 3.8) is 0 Å². The molecule has 106 valence electrons. The molecular weight excluding hydrogens is 240 g/mol. The standard InChI is InChI=1S/C15H24N2O2/c1-13(11-17-6-8-19-9-7-17)16(2)12-14-4-3-5-15(18)10-14/h3-5,10,13,18H,6-9,11-12H2,1-2H3/t13-/m1/s1. The number of aromatic hydroxyl groups is 1. The quantitative estimate of drug-likeness (QED) is 0.875. The lowest BCUT2D eigenvalue weighted by Crippen LogP contribution is -2.44. The molecule has 0 bridgehead atoms. The summed E-state index contributed by atoms with van der Waals surface area (Å²) in [5, 5.41) is 9.48. The minimum absolute atomic E-state index is 0.340. The topological polar surface area (TPSA) is 35.9 Å². The van der Waals surface area contributed by atoms with E-state index >= 15 is 0 Å². The summed E-state index contributed by atoms with van der Waals surface area (Å²) in [6.07, 6.45) is 0. The van der Waals surface area contributed by atoms with Gasteiger partial charge >= 0.3 is 0 Å². The van der Waals surface area contributed by atoms with Gasteiger partial charge in [0, 0.05) is 32.2 Å². The molecule has 0 unspecified atom stereocenters. The number of rotatable bonds is 5. The Bertz CT molecular complexity index is 391. The zero-order valence-corrected chi connectivity index (χ0v) is 11.9. The minimum atomic E-state index is 0.340. The second kappa shape index (κ2) is 6.89. The molecule has 1 fully saturated rings. The lowest BCUT2D eigenvalue weighted by molar-refractivity contribution is 0.0262. The number of ether oxygens (including phenoxy) is 1. The van der Waals surface area contributed by atoms with Gasteiger partial charge in [0.05, 0.1) is 13.2 Å². The number of likely N-dealkylation sites (N-methyl/N-ethyl adjacent to an activating group) is 1. The van der Waals surface area contributed by atoms with Gasteiger partial charge in [0.25, 0.3) is 0 Å². The highest BCUT2D eigenvalue weighted by Crippen LogP contribution is 2.14. The van der Waals surface area contributed by atoms with Crippen molar-refractivity contribution >= 4 is 0 Å². The number of hydrogen-bond acceptors (Lipinski definition) is 4. The van der Waals surface area contributed by atoms with E-state index in [1.165, 1.54) is 0 Å². The second-order valence-corrected chi connectivity index (χ2v) is 5.35. The van der Waals surface area contributed by atoms with Crippen molar-refractivity contribution in [3.8, 4) is 5.75 Å². The van der Waals surface area contributed by atoms with E-state index in [1.54, 1.807) is 6.07 Å². The third-order valence-electron chi connectivity index (χ3n) is 3.72. The number of morpholine rings is 1. The predicted octanol–water partition coefficient (Wildman–Crippen LogP) is 1.54. The maximum absolute atomic E-state index is 9.48. The zero-order chi connectivity index (χ0) is 13.7. The highest BCUT2D eigenvalue weighted by molar-refractivity contribution is 5.26. The largest absolute Gasteiger partial charge is 0.508 e. The third kappa shape index (κ3) is 4.49. The second-order valence-electron chi connectivity index (χ2n) is 5.35. The molecule has 1 aromatic carbocycles. The van der Waals surface area contributed by atoms with Crippen LogP contribution in [0.5, 0.6) is 5.75 Å². The van der Waals surface area contributed by atoms with Crippen LogP contribution in [0.3, 0.4) is 0 Å². The van der Waals surface area contributed by atoms with Crippen LogP contribution in [0.15, 0.2) is 24.3 Å². The summed E-state index contributed by atoms with van der Waals surface area (Å²) >= 11 is 0. The summed E-state index contributed by atoms with van der Waals surface area (Å²) in [4.78, 5) is 4.78. The summed E-state index contributed by atoms with van der Waals surface area (Å²) in [6.45, 7) is 7.94. The lowest BCUT2D eigenvalue weighted by Gasteiger charge is -2.33. The number of phenols is 1. The first-order valence-electron chi connectivity index (χ1n) is 6.93. The number of phenolic OH excluding ortho intramolecular Hbond substituents is 1. The molecule has 0 spiro atoms. The first kappa shape index (κ1) is 14.3. The molecule has 0 radical (unpaired) electrons. The van der Waals surface area contributed by atoms with Crippen LogP contribution in [-0.2, 0) is 11.3 Å². The van der Waals surface area contributed by atoms with Crippen LogP contribution in [0.25, 0.3) is 0 Å². The van der Waals surface area contributed by atoms with Crippen molar-refractivity contribution in [2.75, 3.05) is 39.9 Å². The van der Waals surface area contributed by atoms with Crippen molar-refractivity contribution in [1.82, 2.24) is 9.80 Å². The van der Waals surface area contributed by atoms with Gasteiger partial charge < -0.3 is 9.84 Å². The molecule has 19 heavy (non-hydrogen) atoms. The predicted molar refractivity (Wildman–Crippen MR) is 76.3 cm³/mol. The molecule has 1 aliphatic rings. The fraction of sp³-hybridized carbons (Fsp3) is 0.600. The van der Waals surface area contributed by atoms with E-state index in [1.807, 2.05) is 12.1 Å². The molecule has 1 heterocycles. The Morgan fingerprint density at radius 3 is 2.79 bits per heavy atom. The Morgan fingerprint density at radius 1 is 1.37 bits per heavy atom. The fourth-order valence-electron chi connectivity index (χ4n) is 2.40. The molecule has 0 saturated carbocycles. The van der Waals surface area contributed by atoms with Gasteiger partial charge in [-0.25, -0.2) is 0 Å². The zero-order valence-electron chi connectivity index (χ0n) is 11.9. The molecule has 1 aliphatic heterocycles. The Morgan fingerprint density at radius 2 is 2.11 bits per heavy atom. The maximum atomic E-state index is 9.48. The Kier molecular flexibility index (Phi) is 5.19. The number of benzene rings is 1. The van der Waals surface area contributed by atoms with Crippen LogP contribution < -0.4 is 0 Å². The first-order valence-corrected chi connectivity index (χ1v) is 6.93. The van der Waals surface area contributed by atoms with E-state index in [4.69, 9.17) is 4.74 Å². The van der Waals surface area contributed by atoms with Gasteiger partial charge in [-0.3, -0.25) is 9.80 Å². The molecule has 1 aromatic rings. The van der Waals surface area contributed by atoms with Gasteiger partial charge in [0.1, 0.15) is 5.75 Å². The van der Waals surface area contributed by atoms with E-state index in [-0.39, 0.29) is 0 Å². The van der Waals surface area contributed by atoms with E-state index < -0.39 is 0 Å². The summed E-state index contributed by atoms with van der Waals surface area (Å²) in [7, 11) is 2.13. The van der Waals surface area contributed by atoms with Gasteiger partial charge in [0.2, 0.25) is 0 Å². The average molecular weight is 264 g/mol. The van der Waals surface area contributed by atoms with Gasteiger partial charge in [0.15, 0.2) is 0 Å². The monoisotopic (exact) mass is 264 g/mol. The normalized spacial score (nSPS) is 18.7. The molecule has 0 aliphatic carbocycles. The van der Waals surface area contributed by atoms with Crippen LogP contribution in [0.1, 0.15) is 12.5 Å². The fourth-order valence-corrected chi connectivity index (χ4v) is 2.40. The van der Waals surface area contributed by atoms with Crippen LogP contribution in [0.2, 0.25) is 0 Å². The molecule has 4 nitrogen and oxygen atoms in total. The van der Waals surface area contributed by atoms with E-state index in [9.17, 15) is 5.11 Å². The van der Waals surface area contributed by atoms with Crippen molar-refractivity contribution in [3.05, 3.63) is 29.8 Å². The van der Waals surface area contributed by atoms with Crippen molar-refractivity contribution in [2.45, 2.75) is 19.5 Å². The van der Waals surface area contributed by atoms with E-state index in [0.29, 0.717) is 11.8 Å². The van der Waals surface area contributed by atoms with Crippen LogP contribution in [0, 0.1) is 0 Å². The molecule has 2 rings (SSSR count). The summed E-state index contributed by atoms with van der Waals surface area (Å²) < 4.78 is 5.37. The molecule has 1 atom stereocenters. The Labute approximate surface area is 115 Å². The summed E-state index contributed by atoms with van der Waals surface area (Å²) in [5.74, 6) is 0.340. The van der Waals surface area contributed by atoms with Crippen LogP contribution in [0.4, 0.5) is 0 Å². The molecular formula is C15H24N2O2. The van der Waals surface area contributed by atoms with E-state index in [0.717, 1.165) is 45.0 Å². The SMILES string of the molecule is C[C@H](CN1CCOCC1)N(C)Cc1cccc(O)c1. The number of nitrogens with zero attached hydrogens (tertiary/aromatic N) is 2. The highest BCUT2D eigenvalue weighted by atomic mass is 16.5. The minimum Gasteiger partial charge on any atom is -0.508 e. The van der Waals surface area contributed by atoms with Gasteiger partial charge in [-0.15, -0.1) is 0 Å². The molecule has 1 saturated heterocycles. The van der Waals surface area contributed by atoms with Crippen LogP contribution >= 0.6 is 0 Å². The van der Waals surface area contributed by atoms with Crippen LogP contribution in [-0.4, -0.2) is 60.8 Å². The highest BCUT2D eigenvalue weighted by Gasteiger charge is 2.16. The molecule has 0 aromatic heterocycles. The summed E-state index contributed by atoms with van der Waals surface area (Å²) in [6, 6.07) is 7.97. The molecule has 4 heteroatoms. The van der Waals surface area contributed by atoms with Gasteiger partial charge in [-0.2, -0.15) is 0 Å². The maximum Gasteiger partial charge on any atom is 0.115 e. The third-order valence-corrected chi connectivity index (χ3v) is 3.72. The Hall–Kier alpha value is -1.10.